The van der Waals surface area contributed by atoms with Crippen LogP contribution in [0.5, 0.6) is 0 Å². The van der Waals surface area contributed by atoms with Crippen molar-refractivity contribution >= 4 is 11.6 Å². The first-order chi connectivity index (χ1) is 8.29. The highest BCUT2D eigenvalue weighted by Gasteiger charge is 2.17. The lowest BCUT2D eigenvalue weighted by Gasteiger charge is -2.27. The van der Waals surface area contributed by atoms with Gasteiger partial charge in [0.05, 0.1) is 19.3 Å². The lowest BCUT2D eigenvalue weighted by molar-refractivity contribution is 0.0211. The first-order valence-corrected chi connectivity index (χ1v) is 5.63. The molecule has 2 N–H and O–H groups in total. The number of hydrogen-bond donors (Lipinski definition) is 2. The SMILES string of the molecule is C=CCNC(=O)c1ccc(NC2COC2)cc1. The van der Waals surface area contributed by atoms with Crippen molar-refractivity contribution in [1.82, 2.24) is 5.32 Å². The first kappa shape index (κ1) is 11.7. The molecular formula is C13H16N2O2. The summed E-state index contributed by atoms with van der Waals surface area (Å²) in [6, 6.07) is 7.82. The van der Waals surface area contributed by atoms with Crippen LogP contribution in [-0.2, 0) is 4.74 Å². The normalized spacial score (nSPS) is 14.8. The van der Waals surface area contributed by atoms with Crippen LogP contribution in [0.15, 0.2) is 36.9 Å². The van der Waals surface area contributed by atoms with Crippen LogP contribution in [0.1, 0.15) is 10.4 Å². The lowest BCUT2D eigenvalue weighted by Crippen LogP contribution is -2.40. The Hall–Kier alpha value is -1.81. The Morgan fingerprint density at radius 3 is 2.65 bits per heavy atom. The number of anilines is 1. The zero-order valence-corrected chi connectivity index (χ0v) is 9.61. The van der Waals surface area contributed by atoms with Gasteiger partial charge in [-0.1, -0.05) is 6.08 Å². The summed E-state index contributed by atoms with van der Waals surface area (Å²) in [5, 5.41) is 6.05. The van der Waals surface area contributed by atoms with Crippen LogP contribution < -0.4 is 10.6 Å². The van der Waals surface area contributed by atoms with Crippen molar-refractivity contribution in [2.75, 3.05) is 25.1 Å². The van der Waals surface area contributed by atoms with Crippen molar-refractivity contribution in [2.45, 2.75) is 6.04 Å². The molecule has 2 rings (SSSR count). The predicted molar refractivity (Wildman–Crippen MR) is 67.2 cm³/mol. The summed E-state index contributed by atoms with van der Waals surface area (Å²) in [5.74, 6) is -0.0802. The van der Waals surface area contributed by atoms with Gasteiger partial charge in [-0.2, -0.15) is 0 Å². The molecule has 1 amide bonds. The number of nitrogens with one attached hydrogen (secondary N) is 2. The van der Waals surface area contributed by atoms with Gasteiger partial charge in [-0.3, -0.25) is 4.79 Å². The molecule has 0 aliphatic carbocycles. The van der Waals surface area contributed by atoms with Gasteiger partial charge in [-0.05, 0) is 24.3 Å². The van der Waals surface area contributed by atoms with Gasteiger partial charge in [0.1, 0.15) is 0 Å². The fourth-order valence-corrected chi connectivity index (χ4v) is 1.54. The molecule has 0 unspecified atom stereocenters. The summed E-state index contributed by atoms with van der Waals surface area (Å²) >= 11 is 0. The zero-order chi connectivity index (χ0) is 12.1. The van der Waals surface area contributed by atoms with Crippen LogP contribution in [0.3, 0.4) is 0 Å². The predicted octanol–water partition coefficient (Wildman–Crippen LogP) is 1.41. The molecule has 1 aromatic rings. The number of benzene rings is 1. The standard InChI is InChI=1S/C13H16N2O2/c1-2-7-14-13(16)10-3-5-11(6-4-10)15-12-8-17-9-12/h2-6,12,15H,1,7-9H2,(H,14,16). The maximum Gasteiger partial charge on any atom is 0.251 e. The molecule has 0 radical (unpaired) electrons. The maximum absolute atomic E-state index is 11.6. The fraction of sp³-hybridized carbons (Fsp3) is 0.308. The van der Waals surface area contributed by atoms with E-state index < -0.39 is 0 Å². The van der Waals surface area contributed by atoms with Crippen LogP contribution in [0.25, 0.3) is 0 Å². The van der Waals surface area contributed by atoms with Crippen LogP contribution >= 0.6 is 0 Å². The minimum atomic E-state index is -0.0802. The average Bonchev–Trinajstić information content (AvgIpc) is 2.31. The second kappa shape index (κ2) is 5.50. The van der Waals surface area contributed by atoms with Crippen molar-refractivity contribution in [1.29, 1.82) is 0 Å². The molecule has 90 valence electrons. The van der Waals surface area contributed by atoms with Crippen LogP contribution in [0, 0.1) is 0 Å². The number of carbonyl (C=O) groups is 1. The Bertz CT molecular complexity index is 396. The highest BCUT2D eigenvalue weighted by atomic mass is 16.5. The smallest absolute Gasteiger partial charge is 0.251 e. The van der Waals surface area contributed by atoms with E-state index in [9.17, 15) is 4.79 Å². The molecule has 0 aromatic heterocycles. The molecule has 1 aliphatic heterocycles. The summed E-state index contributed by atoms with van der Waals surface area (Å²) in [6.45, 7) is 5.54. The second-order valence-corrected chi connectivity index (χ2v) is 3.95. The monoisotopic (exact) mass is 232 g/mol. The van der Waals surface area contributed by atoms with E-state index in [1.165, 1.54) is 0 Å². The molecule has 1 aliphatic rings. The number of hydrogen-bond acceptors (Lipinski definition) is 3. The van der Waals surface area contributed by atoms with E-state index in [1.807, 2.05) is 12.1 Å². The second-order valence-electron chi connectivity index (χ2n) is 3.95. The molecule has 1 saturated heterocycles. The summed E-state index contributed by atoms with van der Waals surface area (Å²) in [5.41, 5.74) is 1.67. The molecule has 1 heterocycles. The largest absolute Gasteiger partial charge is 0.378 e. The van der Waals surface area contributed by atoms with E-state index in [1.54, 1.807) is 18.2 Å². The van der Waals surface area contributed by atoms with E-state index in [2.05, 4.69) is 17.2 Å². The van der Waals surface area contributed by atoms with Crippen molar-refractivity contribution in [3.8, 4) is 0 Å². The number of rotatable bonds is 5. The zero-order valence-electron chi connectivity index (χ0n) is 9.61. The first-order valence-electron chi connectivity index (χ1n) is 5.63. The van der Waals surface area contributed by atoms with Gasteiger partial charge < -0.3 is 15.4 Å². The van der Waals surface area contributed by atoms with E-state index in [-0.39, 0.29) is 5.91 Å². The summed E-state index contributed by atoms with van der Waals surface area (Å²) < 4.78 is 5.08. The van der Waals surface area contributed by atoms with Gasteiger partial charge in [-0.25, -0.2) is 0 Å². The molecule has 1 fully saturated rings. The van der Waals surface area contributed by atoms with Crippen molar-refractivity contribution < 1.29 is 9.53 Å². The fourth-order valence-electron chi connectivity index (χ4n) is 1.54. The van der Waals surface area contributed by atoms with Gasteiger partial charge in [0.2, 0.25) is 0 Å². The lowest BCUT2D eigenvalue weighted by atomic mass is 10.1. The highest BCUT2D eigenvalue weighted by molar-refractivity contribution is 5.94. The highest BCUT2D eigenvalue weighted by Crippen LogP contribution is 2.13. The molecule has 0 saturated carbocycles. The van der Waals surface area contributed by atoms with Gasteiger partial charge in [0.25, 0.3) is 5.91 Å². The Balaban J connectivity index is 1.91. The number of amides is 1. The van der Waals surface area contributed by atoms with Crippen LogP contribution in [0.4, 0.5) is 5.69 Å². The van der Waals surface area contributed by atoms with Gasteiger partial charge in [0.15, 0.2) is 0 Å². The maximum atomic E-state index is 11.6. The molecule has 17 heavy (non-hydrogen) atoms. The van der Waals surface area contributed by atoms with Crippen molar-refractivity contribution in [2.24, 2.45) is 0 Å². The summed E-state index contributed by atoms with van der Waals surface area (Å²) in [6.07, 6.45) is 1.66. The molecule has 4 nitrogen and oxygen atoms in total. The molecule has 0 bridgehead atoms. The Morgan fingerprint density at radius 2 is 2.12 bits per heavy atom. The molecule has 4 heteroatoms. The summed E-state index contributed by atoms with van der Waals surface area (Å²) in [4.78, 5) is 11.6. The Labute approximate surface area is 101 Å². The van der Waals surface area contributed by atoms with E-state index in [0.717, 1.165) is 18.9 Å². The third kappa shape index (κ3) is 3.07. The van der Waals surface area contributed by atoms with Crippen LogP contribution in [0.2, 0.25) is 0 Å². The van der Waals surface area contributed by atoms with E-state index in [4.69, 9.17) is 4.74 Å². The van der Waals surface area contributed by atoms with E-state index >= 15 is 0 Å². The third-order valence-electron chi connectivity index (χ3n) is 2.56. The number of ether oxygens (including phenoxy) is 1. The molecular weight excluding hydrogens is 216 g/mol. The quantitative estimate of drug-likeness (QED) is 0.755. The minimum absolute atomic E-state index is 0.0802. The van der Waals surface area contributed by atoms with Crippen LogP contribution in [-0.4, -0.2) is 31.7 Å². The van der Waals surface area contributed by atoms with E-state index in [0.29, 0.717) is 18.2 Å². The van der Waals surface area contributed by atoms with Gasteiger partial charge in [0, 0.05) is 17.8 Å². The van der Waals surface area contributed by atoms with Gasteiger partial charge in [-0.15, -0.1) is 6.58 Å². The Kier molecular flexibility index (Phi) is 3.77. The Morgan fingerprint density at radius 1 is 1.41 bits per heavy atom. The molecule has 0 spiro atoms. The molecule has 1 aromatic carbocycles. The topological polar surface area (TPSA) is 50.4 Å². The van der Waals surface area contributed by atoms with Gasteiger partial charge >= 0.3 is 0 Å². The van der Waals surface area contributed by atoms with Crippen molar-refractivity contribution in [3.63, 3.8) is 0 Å². The summed E-state index contributed by atoms with van der Waals surface area (Å²) in [7, 11) is 0. The molecule has 0 atom stereocenters. The minimum Gasteiger partial charge on any atom is -0.378 e. The number of carbonyl (C=O) groups excluding carboxylic acids is 1. The third-order valence-corrected chi connectivity index (χ3v) is 2.56. The average molecular weight is 232 g/mol. The van der Waals surface area contributed by atoms with Crippen molar-refractivity contribution in [3.05, 3.63) is 42.5 Å².